The number of hydrogen-bond donors (Lipinski definition) is 2. The maximum atomic E-state index is 4.67. The number of benzene rings is 1. The van der Waals surface area contributed by atoms with Gasteiger partial charge in [0.05, 0.1) is 12.2 Å². The van der Waals surface area contributed by atoms with Crippen LogP contribution < -0.4 is 10.6 Å². The molecule has 0 unspecified atom stereocenters. The van der Waals surface area contributed by atoms with Crippen LogP contribution in [0.2, 0.25) is 0 Å². The van der Waals surface area contributed by atoms with Gasteiger partial charge in [0, 0.05) is 51.7 Å². The van der Waals surface area contributed by atoms with Gasteiger partial charge < -0.3 is 15.5 Å². The summed E-state index contributed by atoms with van der Waals surface area (Å²) in [5, 5.41) is 9.99. The molecule has 0 saturated carbocycles. The van der Waals surface area contributed by atoms with Crippen molar-refractivity contribution in [2.75, 3.05) is 39.8 Å². The maximum absolute atomic E-state index is 4.67. The number of halogens is 1. The molecule has 0 atom stereocenters. The Morgan fingerprint density at radius 2 is 1.65 bits per heavy atom. The van der Waals surface area contributed by atoms with Crippen molar-refractivity contribution in [3.63, 3.8) is 0 Å². The van der Waals surface area contributed by atoms with Crippen LogP contribution >= 0.6 is 35.3 Å². The van der Waals surface area contributed by atoms with Gasteiger partial charge in [0.1, 0.15) is 5.01 Å². The van der Waals surface area contributed by atoms with Crippen LogP contribution in [0.25, 0.3) is 0 Å². The largest absolute Gasteiger partial charge is 0.352 e. The molecule has 8 heteroatoms. The van der Waals surface area contributed by atoms with Crippen LogP contribution in [0.4, 0.5) is 0 Å². The number of nitrogens with zero attached hydrogens (tertiary/aromatic N) is 4. The molecule has 0 amide bonds. The van der Waals surface area contributed by atoms with Crippen molar-refractivity contribution in [1.82, 2.24) is 25.4 Å². The number of piperazine rings is 1. The molecule has 3 rings (SSSR count). The first-order chi connectivity index (χ1) is 14.6. The molecule has 31 heavy (non-hydrogen) atoms. The Balaban J connectivity index is 0.00000341. The lowest BCUT2D eigenvalue weighted by molar-refractivity contribution is 0.132. The number of guanidine groups is 1. The Kier molecular flexibility index (Phi) is 11.2. The molecule has 0 bridgehead atoms. The molecule has 1 aromatic carbocycles. The van der Waals surface area contributed by atoms with E-state index in [1.54, 1.807) is 18.4 Å². The van der Waals surface area contributed by atoms with Gasteiger partial charge in [-0.15, -0.1) is 35.3 Å². The number of nitrogens with one attached hydrogen (secondary N) is 2. The molecule has 1 saturated heterocycles. The van der Waals surface area contributed by atoms with Crippen molar-refractivity contribution in [2.45, 2.75) is 46.3 Å². The summed E-state index contributed by atoms with van der Waals surface area (Å²) < 4.78 is 0. The second kappa shape index (κ2) is 13.3. The Morgan fingerprint density at radius 3 is 2.23 bits per heavy atom. The molecule has 0 radical (unpaired) electrons. The van der Waals surface area contributed by atoms with Crippen LogP contribution in [0.5, 0.6) is 0 Å². The van der Waals surface area contributed by atoms with E-state index in [9.17, 15) is 0 Å². The first-order valence-electron chi connectivity index (χ1n) is 11.0. The number of thiazole rings is 1. The molecule has 6 nitrogen and oxygen atoms in total. The first-order valence-corrected chi connectivity index (χ1v) is 11.9. The van der Waals surface area contributed by atoms with Crippen LogP contribution in [0.3, 0.4) is 0 Å². The highest BCUT2D eigenvalue weighted by Crippen LogP contribution is 2.17. The van der Waals surface area contributed by atoms with Gasteiger partial charge in [-0.2, -0.15) is 0 Å². The normalized spacial score (nSPS) is 15.7. The zero-order chi connectivity index (χ0) is 21.3. The highest BCUT2D eigenvalue weighted by Gasteiger charge is 2.15. The predicted octanol–water partition coefficient (Wildman–Crippen LogP) is 3.89. The third kappa shape index (κ3) is 8.32. The molecule has 172 valence electrons. The molecule has 2 N–H and O–H groups in total. The van der Waals surface area contributed by atoms with Crippen molar-refractivity contribution in [3.05, 3.63) is 51.5 Å². The summed E-state index contributed by atoms with van der Waals surface area (Å²) in [6, 6.07) is 8.94. The fraction of sp³-hybridized carbons (Fsp3) is 0.565. The number of likely N-dealkylation sites (N-methyl/N-ethyl adjacent to an activating group) is 1. The second-order valence-electron chi connectivity index (χ2n) is 8.13. The predicted molar refractivity (Wildman–Crippen MR) is 142 cm³/mol. The molecular formula is C23H37IN6S. The van der Waals surface area contributed by atoms with Gasteiger partial charge in [0.25, 0.3) is 0 Å². The van der Waals surface area contributed by atoms with E-state index in [4.69, 9.17) is 0 Å². The summed E-state index contributed by atoms with van der Waals surface area (Å²) in [5.74, 6) is 1.27. The summed E-state index contributed by atoms with van der Waals surface area (Å²) in [4.78, 5) is 14.1. The van der Waals surface area contributed by atoms with Gasteiger partial charge >= 0.3 is 0 Å². The standard InChI is InChI=1S/C23H36N6S.HI/c1-5-28-10-12-29(13-11-28)16-20-8-6-19(7-9-20)14-25-23(24-4)26-15-22-27-21(17-30-22)18(2)3;/h6-9,17-18H,5,10-16H2,1-4H3,(H2,24,25,26);1H. The molecule has 1 aliphatic heterocycles. The molecular weight excluding hydrogens is 519 g/mol. The Hall–Kier alpha value is -1.23. The number of rotatable bonds is 8. The highest BCUT2D eigenvalue weighted by atomic mass is 127. The van der Waals surface area contributed by atoms with E-state index in [-0.39, 0.29) is 24.0 Å². The molecule has 1 fully saturated rings. The van der Waals surface area contributed by atoms with Crippen molar-refractivity contribution >= 4 is 41.3 Å². The average molecular weight is 557 g/mol. The maximum Gasteiger partial charge on any atom is 0.191 e. The number of aromatic nitrogens is 1. The van der Waals surface area contributed by atoms with Crippen LogP contribution in [0.1, 0.15) is 48.5 Å². The van der Waals surface area contributed by atoms with E-state index in [0.717, 1.165) is 49.4 Å². The van der Waals surface area contributed by atoms with Gasteiger partial charge in [0.15, 0.2) is 5.96 Å². The van der Waals surface area contributed by atoms with Crippen LogP contribution in [0.15, 0.2) is 34.6 Å². The lowest BCUT2D eigenvalue weighted by Crippen LogP contribution is -2.45. The average Bonchev–Trinajstić information content (AvgIpc) is 3.25. The van der Waals surface area contributed by atoms with Crippen LogP contribution in [-0.4, -0.2) is 60.5 Å². The summed E-state index contributed by atoms with van der Waals surface area (Å²) in [6.07, 6.45) is 0. The molecule has 1 aliphatic rings. The van der Waals surface area contributed by atoms with Gasteiger partial charge in [-0.25, -0.2) is 4.98 Å². The van der Waals surface area contributed by atoms with E-state index < -0.39 is 0 Å². The van der Waals surface area contributed by atoms with Crippen molar-refractivity contribution in [3.8, 4) is 0 Å². The smallest absolute Gasteiger partial charge is 0.191 e. The minimum atomic E-state index is 0. The summed E-state index contributed by atoms with van der Waals surface area (Å²) in [5.41, 5.74) is 3.80. The third-order valence-electron chi connectivity index (χ3n) is 5.59. The number of aliphatic imine (C=N–C) groups is 1. The summed E-state index contributed by atoms with van der Waals surface area (Å²) >= 11 is 1.70. The Bertz CT molecular complexity index is 797. The van der Waals surface area contributed by atoms with E-state index in [1.807, 2.05) is 0 Å². The molecule has 1 aromatic heterocycles. The lowest BCUT2D eigenvalue weighted by atomic mass is 10.1. The zero-order valence-electron chi connectivity index (χ0n) is 19.2. The molecule has 2 aromatic rings. The van der Waals surface area contributed by atoms with E-state index in [1.165, 1.54) is 24.2 Å². The Labute approximate surface area is 208 Å². The third-order valence-corrected chi connectivity index (χ3v) is 6.46. The van der Waals surface area contributed by atoms with Gasteiger partial charge in [-0.3, -0.25) is 9.89 Å². The zero-order valence-corrected chi connectivity index (χ0v) is 22.4. The van der Waals surface area contributed by atoms with E-state index >= 15 is 0 Å². The van der Waals surface area contributed by atoms with Crippen LogP contribution in [0, 0.1) is 0 Å². The van der Waals surface area contributed by atoms with E-state index in [0.29, 0.717) is 12.5 Å². The SMILES string of the molecule is CCN1CCN(Cc2ccc(CNC(=NC)NCc3nc(C(C)C)cs3)cc2)CC1.I. The van der Waals surface area contributed by atoms with Crippen molar-refractivity contribution in [2.24, 2.45) is 4.99 Å². The lowest BCUT2D eigenvalue weighted by Gasteiger charge is -2.34. The number of hydrogen-bond acceptors (Lipinski definition) is 5. The first kappa shape index (κ1) is 26.0. The van der Waals surface area contributed by atoms with Crippen molar-refractivity contribution < 1.29 is 0 Å². The topological polar surface area (TPSA) is 55.8 Å². The summed E-state index contributed by atoms with van der Waals surface area (Å²) in [6.45, 7) is 14.9. The van der Waals surface area contributed by atoms with Crippen LogP contribution in [-0.2, 0) is 19.6 Å². The highest BCUT2D eigenvalue weighted by molar-refractivity contribution is 14.0. The second-order valence-corrected chi connectivity index (χ2v) is 9.07. The summed E-state index contributed by atoms with van der Waals surface area (Å²) in [7, 11) is 1.80. The molecule has 2 heterocycles. The Morgan fingerprint density at radius 1 is 1.03 bits per heavy atom. The van der Waals surface area contributed by atoms with Gasteiger partial charge in [0.2, 0.25) is 0 Å². The van der Waals surface area contributed by atoms with E-state index in [2.05, 4.69) is 80.8 Å². The molecule has 0 aliphatic carbocycles. The monoisotopic (exact) mass is 556 g/mol. The fourth-order valence-corrected chi connectivity index (χ4v) is 4.42. The van der Waals surface area contributed by atoms with Crippen molar-refractivity contribution in [1.29, 1.82) is 0 Å². The van der Waals surface area contributed by atoms with Gasteiger partial charge in [-0.1, -0.05) is 45.0 Å². The fourth-order valence-electron chi connectivity index (χ4n) is 3.52. The minimum absolute atomic E-state index is 0. The van der Waals surface area contributed by atoms with Gasteiger partial charge in [-0.05, 0) is 23.6 Å². The quantitative estimate of drug-likeness (QED) is 0.294. The minimum Gasteiger partial charge on any atom is -0.352 e. The molecule has 0 spiro atoms.